The van der Waals surface area contributed by atoms with Crippen LogP contribution in [0.2, 0.25) is 0 Å². The van der Waals surface area contributed by atoms with Crippen LogP contribution < -0.4 is 10.6 Å². The molecule has 6 heteroatoms. The zero-order valence-electron chi connectivity index (χ0n) is 9.39. The van der Waals surface area contributed by atoms with E-state index in [9.17, 15) is 17.6 Å². The van der Waals surface area contributed by atoms with Gasteiger partial charge in [-0.2, -0.15) is 13.2 Å². The van der Waals surface area contributed by atoms with Gasteiger partial charge in [-0.3, -0.25) is 0 Å². The highest BCUT2D eigenvalue weighted by Crippen LogP contribution is 2.27. The first-order valence-corrected chi connectivity index (χ1v) is 5.18. The summed E-state index contributed by atoms with van der Waals surface area (Å²) < 4.78 is 50.6. The second-order valence-corrected chi connectivity index (χ2v) is 3.58. The molecule has 0 saturated carbocycles. The second kappa shape index (κ2) is 5.35. The lowest BCUT2D eigenvalue weighted by molar-refractivity contribution is -0.119. The maximum atomic E-state index is 13.6. The average molecular weight is 250 g/mol. The second-order valence-electron chi connectivity index (χ2n) is 3.58. The molecule has 2 N–H and O–H groups in total. The summed E-state index contributed by atoms with van der Waals surface area (Å²) in [5.74, 6) is -0.681. The average Bonchev–Trinajstić information content (AvgIpc) is 2.24. The van der Waals surface area contributed by atoms with Crippen molar-refractivity contribution in [3.05, 3.63) is 29.6 Å². The van der Waals surface area contributed by atoms with E-state index in [1.807, 2.05) is 0 Å². The van der Waals surface area contributed by atoms with Crippen molar-refractivity contribution in [3.63, 3.8) is 0 Å². The normalized spacial score (nSPS) is 11.6. The van der Waals surface area contributed by atoms with E-state index in [1.54, 1.807) is 6.92 Å². The van der Waals surface area contributed by atoms with Crippen LogP contribution in [0.5, 0.6) is 0 Å². The van der Waals surface area contributed by atoms with Gasteiger partial charge in [0.05, 0.1) is 5.69 Å². The minimum absolute atomic E-state index is 0.00144. The standard InChI is InChI=1S/C11H14F4N2/c1-2-17(7-11(13,14)15)10-8(6-16)4-3-5-9(10)12/h3-5H,2,6-7,16H2,1H3. The van der Waals surface area contributed by atoms with Crippen molar-refractivity contribution in [2.75, 3.05) is 18.0 Å². The van der Waals surface area contributed by atoms with Crippen LogP contribution in [-0.2, 0) is 6.54 Å². The zero-order valence-corrected chi connectivity index (χ0v) is 9.39. The molecule has 1 aromatic carbocycles. The molecule has 0 atom stereocenters. The number of alkyl halides is 3. The Balaban J connectivity index is 3.11. The Bertz CT molecular complexity index is 376. The predicted octanol–water partition coefficient (Wildman–Crippen LogP) is 2.67. The largest absolute Gasteiger partial charge is 0.405 e. The summed E-state index contributed by atoms with van der Waals surface area (Å²) in [7, 11) is 0. The van der Waals surface area contributed by atoms with E-state index in [-0.39, 0.29) is 18.8 Å². The Morgan fingerprint density at radius 1 is 1.29 bits per heavy atom. The summed E-state index contributed by atoms with van der Waals surface area (Å²) in [6.07, 6.45) is -4.37. The quantitative estimate of drug-likeness (QED) is 0.832. The smallest absolute Gasteiger partial charge is 0.360 e. The van der Waals surface area contributed by atoms with Crippen molar-refractivity contribution < 1.29 is 17.6 Å². The molecular formula is C11H14F4N2. The number of hydrogen-bond donors (Lipinski definition) is 1. The van der Waals surface area contributed by atoms with E-state index in [1.165, 1.54) is 12.1 Å². The highest BCUT2D eigenvalue weighted by Gasteiger charge is 2.31. The van der Waals surface area contributed by atoms with E-state index in [0.29, 0.717) is 5.56 Å². The molecule has 0 fully saturated rings. The van der Waals surface area contributed by atoms with E-state index < -0.39 is 18.5 Å². The van der Waals surface area contributed by atoms with E-state index in [0.717, 1.165) is 11.0 Å². The predicted molar refractivity (Wildman–Crippen MR) is 58.2 cm³/mol. The fourth-order valence-corrected chi connectivity index (χ4v) is 1.64. The number of hydrogen-bond acceptors (Lipinski definition) is 2. The summed E-state index contributed by atoms with van der Waals surface area (Å²) in [4.78, 5) is 0.942. The molecule has 0 amide bonds. The maximum absolute atomic E-state index is 13.6. The van der Waals surface area contributed by atoms with E-state index in [2.05, 4.69) is 0 Å². The Hall–Kier alpha value is -1.30. The van der Waals surface area contributed by atoms with Gasteiger partial charge in [0.2, 0.25) is 0 Å². The highest BCUT2D eigenvalue weighted by molar-refractivity contribution is 5.55. The summed E-state index contributed by atoms with van der Waals surface area (Å²) >= 11 is 0. The molecule has 1 aromatic rings. The molecule has 0 saturated heterocycles. The fourth-order valence-electron chi connectivity index (χ4n) is 1.64. The maximum Gasteiger partial charge on any atom is 0.405 e. The summed E-state index contributed by atoms with van der Waals surface area (Å²) in [6, 6.07) is 4.09. The Morgan fingerprint density at radius 3 is 2.41 bits per heavy atom. The third kappa shape index (κ3) is 3.59. The van der Waals surface area contributed by atoms with Gasteiger partial charge in [-0.1, -0.05) is 12.1 Å². The summed E-state index contributed by atoms with van der Waals surface area (Å²) in [5, 5.41) is 0. The van der Waals surface area contributed by atoms with Crippen molar-refractivity contribution in [2.24, 2.45) is 5.73 Å². The van der Waals surface area contributed by atoms with Crippen LogP contribution in [0.3, 0.4) is 0 Å². The summed E-state index contributed by atoms with van der Waals surface area (Å²) in [6.45, 7) is 0.421. The highest BCUT2D eigenvalue weighted by atomic mass is 19.4. The molecule has 0 aliphatic carbocycles. The first kappa shape index (κ1) is 13.8. The van der Waals surface area contributed by atoms with Crippen LogP contribution in [-0.4, -0.2) is 19.3 Å². The lowest BCUT2D eigenvalue weighted by Crippen LogP contribution is -2.35. The van der Waals surface area contributed by atoms with Gasteiger partial charge in [0.15, 0.2) is 0 Å². The first-order valence-electron chi connectivity index (χ1n) is 5.18. The monoisotopic (exact) mass is 250 g/mol. The third-order valence-electron chi connectivity index (χ3n) is 2.36. The van der Waals surface area contributed by atoms with Crippen molar-refractivity contribution in [2.45, 2.75) is 19.6 Å². The first-order chi connectivity index (χ1) is 7.89. The molecule has 17 heavy (non-hydrogen) atoms. The van der Waals surface area contributed by atoms with Gasteiger partial charge >= 0.3 is 6.18 Å². The van der Waals surface area contributed by atoms with Gasteiger partial charge in [0, 0.05) is 13.1 Å². The molecule has 0 aliphatic rings. The van der Waals surface area contributed by atoms with Crippen LogP contribution in [0.25, 0.3) is 0 Å². The number of benzene rings is 1. The van der Waals surface area contributed by atoms with Gasteiger partial charge in [-0.15, -0.1) is 0 Å². The van der Waals surface area contributed by atoms with E-state index in [4.69, 9.17) is 5.73 Å². The lowest BCUT2D eigenvalue weighted by Gasteiger charge is -2.26. The van der Waals surface area contributed by atoms with Crippen LogP contribution >= 0.6 is 0 Å². The molecule has 96 valence electrons. The molecule has 0 heterocycles. The minimum Gasteiger partial charge on any atom is -0.360 e. The third-order valence-corrected chi connectivity index (χ3v) is 2.36. The lowest BCUT2D eigenvalue weighted by atomic mass is 10.1. The Kier molecular flexibility index (Phi) is 4.34. The van der Waals surface area contributed by atoms with Gasteiger partial charge in [0.25, 0.3) is 0 Å². The van der Waals surface area contributed by atoms with Crippen molar-refractivity contribution in [3.8, 4) is 0 Å². The van der Waals surface area contributed by atoms with Gasteiger partial charge in [-0.25, -0.2) is 4.39 Å². The molecular weight excluding hydrogens is 236 g/mol. The minimum atomic E-state index is -4.37. The number of halogens is 4. The molecule has 0 aromatic heterocycles. The number of nitrogens with zero attached hydrogens (tertiary/aromatic N) is 1. The number of para-hydroxylation sites is 1. The molecule has 0 unspecified atom stereocenters. The molecule has 0 spiro atoms. The van der Waals surface area contributed by atoms with Gasteiger partial charge in [-0.05, 0) is 18.6 Å². The Morgan fingerprint density at radius 2 is 1.94 bits per heavy atom. The molecule has 0 aliphatic heterocycles. The summed E-state index contributed by atoms with van der Waals surface area (Å²) in [5.41, 5.74) is 5.71. The van der Waals surface area contributed by atoms with Crippen LogP contribution in [0.4, 0.5) is 23.2 Å². The Labute approximate surface area is 97.0 Å². The van der Waals surface area contributed by atoms with Crippen LogP contribution in [0.1, 0.15) is 12.5 Å². The number of rotatable bonds is 4. The molecule has 0 bridgehead atoms. The number of anilines is 1. The molecule has 2 nitrogen and oxygen atoms in total. The van der Waals surface area contributed by atoms with Gasteiger partial charge in [0.1, 0.15) is 12.4 Å². The zero-order chi connectivity index (χ0) is 13.1. The fraction of sp³-hybridized carbons (Fsp3) is 0.455. The number of nitrogens with two attached hydrogens (primary N) is 1. The van der Waals surface area contributed by atoms with Gasteiger partial charge < -0.3 is 10.6 Å². The van der Waals surface area contributed by atoms with Crippen molar-refractivity contribution in [1.29, 1.82) is 0 Å². The topological polar surface area (TPSA) is 29.3 Å². The molecule has 1 rings (SSSR count). The van der Waals surface area contributed by atoms with E-state index >= 15 is 0 Å². The SMILES string of the molecule is CCN(CC(F)(F)F)c1c(F)cccc1CN. The van der Waals surface area contributed by atoms with Crippen molar-refractivity contribution in [1.82, 2.24) is 0 Å². The van der Waals surface area contributed by atoms with Crippen molar-refractivity contribution >= 4 is 5.69 Å². The van der Waals surface area contributed by atoms with Crippen LogP contribution in [0.15, 0.2) is 18.2 Å². The molecule has 0 radical (unpaired) electrons. The van der Waals surface area contributed by atoms with Crippen LogP contribution in [0, 0.1) is 5.82 Å².